The zero-order chi connectivity index (χ0) is 20.3. The van der Waals surface area contributed by atoms with Gasteiger partial charge in [0.2, 0.25) is 11.0 Å². The van der Waals surface area contributed by atoms with Crippen molar-refractivity contribution in [3.63, 3.8) is 0 Å². The number of hydrogen-bond donors (Lipinski definition) is 1. The molecule has 0 aliphatic carbocycles. The van der Waals surface area contributed by atoms with Crippen molar-refractivity contribution in [3.8, 4) is 28.6 Å². The van der Waals surface area contributed by atoms with E-state index in [1.54, 1.807) is 0 Å². The minimum absolute atomic E-state index is 0.450. The number of ether oxygens (including phenoxy) is 2. The summed E-state index contributed by atoms with van der Waals surface area (Å²) in [6.07, 6.45) is 1.45. The van der Waals surface area contributed by atoms with Gasteiger partial charge < -0.3 is 14.8 Å². The van der Waals surface area contributed by atoms with Gasteiger partial charge in [0.25, 0.3) is 0 Å². The van der Waals surface area contributed by atoms with Crippen molar-refractivity contribution >= 4 is 17.4 Å². The highest BCUT2D eigenvalue weighted by atomic mass is 32.2. The van der Waals surface area contributed by atoms with Crippen LogP contribution in [0, 0.1) is 0 Å². The van der Waals surface area contributed by atoms with E-state index < -0.39 is 6.23 Å². The predicted octanol–water partition coefficient (Wildman–Crippen LogP) is 5.56. The van der Waals surface area contributed by atoms with Gasteiger partial charge in [-0.1, -0.05) is 60.3 Å². The summed E-state index contributed by atoms with van der Waals surface area (Å²) in [5.41, 5.74) is 3.34. The lowest BCUT2D eigenvalue weighted by molar-refractivity contribution is 0.225. The molecule has 30 heavy (non-hydrogen) atoms. The number of benzene rings is 3. The third-order valence-electron chi connectivity index (χ3n) is 4.66. The van der Waals surface area contributed by atoms with Crippen LogP contribution < -0.4 is 14.8 Å². The lowest BCUT2D eigenvalue weighted by Crippen LogP contribution is -2.17. The van der Waals surface area contributed by atoms with Crippen LogP contribution >= 0.6 is 11.8 Å². The quantitative estimate of drug-likeness (QED) is 0.439. The van der Waals surface area contributed by atoms with E-state index in [2.05, 4.69) is 20.5 Å². The Balaban J connectivity index is 1.53. The van der Waals surface area contributed by atoms with Gasteiger partial charge in [-0.2, -0.15) is 4.98 Å². The molecular formula is C23H18N4O2S. The monoisotopic (exact) mass is 414 g/mol. The van der Waals surface area contributed by atoms with Crippen molar-refractivity contribution in [2.45, 2.75) is 11.4 Å². The highest BCUT2D eigenvalue weighted by Gasteiger charge is 2.26. The molecule has 1 aromatic heterocycles. The molecule has 1 atom stereocenters. The zero-order valence-corrected chi connectivity index (χ0v) is 17.0. The van der Waals surface area contributed by atoms with E-state index >= 15 is 0 Å². The van der Waals surface area contributed by atoms with Gasteiger partial charge in [-0.3, -0.25) is 0 Å². The summed E-state index contributed by atoms with van der Waals surface area (Å²) in [4.78, 5) is 4.55. The lowest BCUT2D eigenvalue weighted by Gasteiger charge is -2.20. The van der Waals surface area contributed by atoms with E-state index in [1.807, 2.05) is 85.1 Å². The standard InChI is InChI=1S/C23H18N4O2S/c1-30-23-25-22-20(26-27-23)18-12-5-6-13-19(18)24-21(29-22)15-8-7-11-17(14-15)28-16-9-3-2-4-10-16/h2-14,21,24H,1H3. The molecule has 148 valence electrons. The molecule has 0 spiro atoms. The second-order valence-electron chi connectivity index (χ2n) is 6.63. The summed E-state index contributed by atoms with van der Waals surface area (Å²) < 4.78 is 12.3. The van der Waals surface area contributed by atoms with E-state index in [0.717, 1.165) is 28.3 Å². The molecule has 0 fully saturated rings. The Bertz CT molecular complexity index is 1190. The highest BCUT2D eigenvalue weighted by molar-refractivity contribution is 7.98. The smallest absolute Gasteiger partial charge is 0.247 e. The summed E-state index contributed by atoms with van der Waals surface area (Å²) in [6.45, 7) is 0. The molecule has 3 aromatic carbocycles. The van der Waals surface area contributed by atoms with Crippen LogP contribution in [0.15, 0.2) is 84.0 Å². The number of thioether (sulfide) groups is 1. The number of nitrogens with one attached hydrogen (secondary N) is 1. The lowest BCUT2D eigenvalue weighted by atomic mass is 10.1. The Kier molecular flexibility index (Phi) is 4.94. The number of anilines is 1. The molecule has 5 rings (SSSR count). The average Bonchev–Trinajstić information content (AvgIpc) is 2.96. The zero-order valence-electron chi connectivity index (χ0n) is 16.1. The molecule has 2 heterocycles. The molecule has 0 radical (unpaired) electrons. The summed E-state index contributed by atoms with van der Waals surface area (Å²) in [5.74, 6) is 1.96. The van der Waals surface area contributed by atoms with Crippen LogP contribution in [0.1, 0.15) is 11.8 Å². The molecule has 7 heteroatoms. The van der Waals surface area contributed by atoms with E-state index in [9.17, 15) is 0 Å². The Labute approximate surface area is 178 Å². The number of hydrogen-bond acceptors (Lipinski definition) is 7. The summed E-state index contributed by atoms with van der Waals surface area (Å²) >= 11 is 1.43. The van der Waals surface area contributed by atoms with E-state index in [-0.39, 0.29) is 0 Å². The van der Waals surface area contributed by atoms with Crippen LogP contribution in [0.2, 0.25) is 0 Å². The average molecular weight is 414 g/mol. The van der Waals surface area contributed by atoms with E-state index in [0.29, 0.717) is 16.7 Å². The maximum atomic E-state index is 6.28. The number of nitrogens with zero attached hydrogens (tertiary/aromatic N) is 3. The van der Waals surface area contributed by atoms with Crippen LogP contribution in [-0.2, 0) is 0 Å². The molecule has 4 aromatic rings. The first-order valence-corrected chi connectivity index (χ1v) is 10.7. The van der Waals surface area contributed by atoms with Crippen LogP contribution in [-0.4, -0.2) is 21.4 Å². The van der Waals surface area contributed by atoms with Crippen LogP contribution in [0.25, 0.3) is 11.3 Å². The topological polar surface area (TPSA) is 69.2 Å². The van der Waals surface area contributed by atoms with Crippen molar-refractivity contribution < 1.29 is 9.47 Å². The van der Waals surface area contributed by atoms with Gasteiger partial charge in [-0.15, -0.1) is 10.2 Å². The Hall–Kier alpha value is -3.58. The number of aromatic nitrogens is 3. The minimum atomic E-state index is -0.460. The van der Waals surface area contributed by atoms with Gasteiger partial charge in [0.1, 0.15) is 11.5 Å². The van der Waals surface area contributed by atoms with Crippen molar-refractivity contribution in [1.29, 1.82) is 0 Å². The van der Waals surface area contributed by atoms with Gasteiger partial charge in [-0.05, 0) is 36.6 Å². The molecule has 1 unspecified atom stereocenters. The SMILES string of the molecule is CSc1nnc2c(n1)OC(c1cccc(Oc3ccccc3)c1)Nc1ccccc1-2. The first kappa shape index (κ1) is 18.4. The second kappa shape index (κ2) is 8.04. The van der Waals surface area contributed by atoms with Gasteiger partial charge in [0, 0.05) is 16.8 Å². The first-order valence-electron chi connectivity index (χ1n) is 9.44. The van der Waals surface area contributed by atoms with Crippen molar-refractivity contribution in [1.82, 2.24) is 15.2 Å². The summed E-state index contributed by atoms with van der Waals surface area (Å²) in [7, 11) is 0. The molecule has 0 bridgehead atoms. The third-order valence-corrected chi connectivity index (χ3v) is 5.19. The van der Waals surface area contributed by atoms with Crippen molar-refractivity contribution in [2.24, 2.45) is 0 Å². The van der Waals surface area contributed by atoms with Gasteiger partial charge in [0.05, 0.1) is 0 Å². The summed E-state index contributed by atoms with van der Waals surface area (Å²) in [6, 6.07) is 25.4. The molecule has 0 amide bonds. The fourth-order valence-corrected chi connectivity index (χ4v) is 3.55. The molecule has 1 N–H and O–H groups in total. The van der Waals surface area contributed by atoms with Crippen LogP contribution in [0.5, 0.6) is 17.4 Å². The van der Waals surface area contributed by atoms with Crippen molar-refractivity contribution in [3.05, 3.63) is 84.4 Å². The highest BCUT2D eigenvalue weighted by Crippen LogP contribution is 2.39. The van der Waals surface area contributed by atoms with Crippen LogP contribution in [0.3, 0.4) is 0 Å². The Morgan fingerprint density at radius 2 is 1.70 bits per heavy atom. The number of rotatable bonds is 4. The fourth-order valence-electron chi connectivity index (χ4n) is 3.25. The molecule has 0 saturated carbocycles. The Morgan fingerprint density at radius 1 is 0.900 bits per heavy atom. The Morgan fingerprint density at radius 3 is 2.57 bits per heavy atom. The predicted molar refractivity (Wildman–Crippen MR) is 117 cm³/mol. The second-order valence-corrected chi connectivity index (χ2v) is 7.40. The van der Waals surface area contributed by atoms with Gasteiger partial charge in [-0.25, -0.2) is 0 Å². The molecule has 0 saturated heterocycles. The van der Waals surface area contributed by atoms with Crippen LogP contribution in [0.4, 0.5) is 5.69 Å². The fraction of sp³-hybridized carbons (Fsp3) is 0.0870. The first-order chi connectivity index (χ1) is 14.8. The van der Waals surface area contributed by atoms with Gasteiger partial charge >= 0.3 is 0 Å². The largest absolute Gasteiger partial charge is 0.457 e. The molecule has 1 aliphatic heterocycles. The third kappa shape index (κ3) is 3.67. The number of para-hydroxylation sites is 2. The van der Waals surface area contributed by atoms with E-state index in [4.69, 9.17) is 9.47 Å². The maximum Gasteiger partial charge on any atom is 0.247 e. The summed E-state index contributed by atoms with van der Waals surface area (Å²) in [5, 5.41) is 12.6. The maximum absolute atomic E-state index is 6.28. The minimum Gasteiger partial charge on any atom is -0.457 e. The molecular weight excluding hydrogens is 396 g/mol. The van der Waals surface area contributed by atoms with E-state index in [1.165, 1.54) is 11.8 Å². The normalized spacial score (nSPS) is 14.5. The molecule has 1 aliphatic rings. The molecule has 6 nitrogen and oxygen atoms in total. The van der Waals surface area contributed by atoms with Crippen molar-refractivity contribution in [2.75, 3.05) is 11.6 Å². The van der Waals surface area contributed by atoms with Gasteiger partial charge in [0.15, 0.2) is 11.9 Å². The number of fused-ring (bicyclic) bond motifs is 3.